The van der Waals surface area contributed by atoms with E-state index >= 15 is 0 Å². The van der Waals surface area contributed by atoms with Crippen LogP contribution in [-0.4, -0.2) is 42.1 Å². The van der Waals surface area contributed by atoms with Gasteiger partial charge in [-0.2, -0.15) is 0 Å². The number of hydrazine groups is 2. The summed E-state index contributed by atoms with van der Waals surface area (Å²) in [7, 11) is -3.69. The summed E-state index contributed by atoms with van der Waals surface area (Å²) in [6.07, 6.45) is 0.363. The molecule has 11 heteroatoms. The molecule has 1 aromatic carbocycles. The zero-order valence-corrected chi connectivity index (χ0v) is 15.2. The number of pyridine rings is 1. The molecule has 1 aliphatic heterocycles. The monoisotopic (exact) mass is 394 g/mol. The maximum atomic E-state index is 12.9. The quantitative estimate of drug-likeness (QED) is 0.525. The largest absolute Gasteiger partial charge is 0.392 e. The standard InChI is InChI=1S/C16H19FN6O3S/c1-11(24)8-19-27(25,26)15-6-2-12(3-7-15)16-20-22-23(21-16)10-14-5-4-13(17)9-18-14/h2-7,9,11,19,22,24H,8,10H2,1H3,(H,20,21)/t11-/m1/s1. The third-order valence-electron chi connectivity index (χ3n) is 3.64. The Balaban J connectivity index is 1.62. The Bertz CT molecular complexity index is 916. The number of aromatic nitrogens is 1. The number of benzene rings is 1. The van der Waals surface area contributed by atoms with Gasteiger partial charge in [-0.15, -0.1) is 10.2 Å². The number of amidine groups is 1. The normalized spacial score (nSPS) is 15.7. The highest BCUT2D eigenvalue weighted by atomic mass is 32.2. The summed E-state index contributed by atoms with van der Waals surface area (Å²) < 4.78 is 39.5. The van der Waals surface area contributed by atoms with Crippen LogP contribution < -0.4 is 15.7 Å². The van der Waals surface area contributed by atoms with E-state index in [4.69, 9.17) is 0 Å². The third kappa shape index (κ3) is 4.98. The predicted octanol–water partition coefficient (Wildman–Crippen LogP) is 0.0664. The van der Waals surface area contributed by atoms with Crippen molar-refractivity contribution in [3.63, 3.8) is 0 Å². The lowest BCUT2D eigenvalue weighted by Crippen LogP contribution is -2.41. The molecule has 3 rings (SSSR count). The first-order valence-electron chi connectivity index (χ1n) is 8.09. The second-order valence-electron chi connectivity index (χ2n) is 5.95. The zero-order valence-electron chi connectivity index (χ0n) is 14.4. The molecule has 1 atom stereocenters. The van der Waals surface area contributed by atoms with E-state index in [1.54, 1.807) is 23.3 Å². The smallest absolute Gasteiger partial charge is 0.240 e. The lowest BCUT2D eigenvalue weighted by atomic mass is 10.2. The van der Waals surface area contributed by atoms with Crippen LogP contribution in [0.1, 0.15) is 18.2 Å². The average molecular weight is 394 g/mol. The van der Waals surface area contributed by atoms with E-state index < -0.39 is 21.9 Å². The van der Waals surface area contributed by atoms with E-state index in [0.717, 1.165) is 6.20 Å². The molecule has 0 bridgehead atoms. The second-order valence-corrected chi connectivity index (χ2v) is 7.72. The fourth-order valence-corrected chi connectivity index (χ4v) is 3.38. The lowest BCUT2D eigenvalue weighted by Gasteiger charge is -2.15. The van der Waals surface area contributed by atoms with Crippen LogP contribution in [-0.2, 0) is 16.6 Å². The Labute approximate surface area is 155 Å². The summed E-state index contributed by atoms with van der Waals surface area (Å²) in [4.78, 5) is 4.06. The fourth-order valence-electron chi connectivity index (χ4n) is 2.26. The molecule has 4 N–H and O–H groups in total. The molecule has 9 nitrogen and oxygen atoms in total. The minimum Gasteiger partial charge on any atom is -0.392 e. The van der Waals surface area contributed by atoms with Gasteiger partial charge in [0.1, 0.15) is 5.82 Å². The van der Waals surface area contributed by atoms with Crippen LogP contribution in [0, 0.1) is 5.82 Å². The topological polar surface area (TPSA) is 119 Å². The third-order valence-corrected chi connectivity index (χ3v) is 5.08. The van der Waals surface area contributed by atoms with Crippen LogP contribution >= 0.6 is 0 Å². The number of sulfonamides is 1. The average Bonchev–Trinajstić information content (AvgIpc) is 3.11. The second kappa shape index (κ2) is 7.96. The highest BCUT2D eigenvalue weighted by Gasteiger charge is 2.19. The van der Waals surface area contributed by atoms with Crippen molar-refractivity contribution < 1.29 is 17.9 Å². The van der Waals surface area contributed by atoms with Gasteiger partial charge in [-0.25, -0.2) is 23.1 Å². The van der Waals surface area contributed by atoms with Gasteiger partial charge in [0.25, 0.3) is 0 Å². The number of halogens is 1. The molecular weight excluding hydrogens is 375 g/mol. The first-order chi connectivity index (χ1) is 12.8. The summed E-state index contributed by atoms with van der Waals surface area (Å²) in [6.45, 7) is 1.77. The van der Waals surface area contributed by atoms with Crippen LogP contribution in [0.3, 0.4) is 0 Å². The molecule has 2 aromatic rings. The molecule has 0 radical (unpaired) electrons. The number of rotatable bonds is 7. The highest BCUT2D eigenvalue weighted by Crippen LogP contribution is 2.12. The van der Waals surface area contributed by atoms with Crippen LogP contribution in [0.2, 0.25) is 0 Å². The summed E-state index contributed by atoms with van der Waals surface area (Å²) in [5.74, 6) is 0.0917. The number of nitrogens with one attached hydrogen (secondary N) is 3. The van der Waals surface area contributed by atoms with Gasteiger partial charge in [-0.05, 0) is 43.3 Å². The number of aliphatic hydroxyl groups is 1. The van der Waals surface area contributed by atoms with Gasteiger partial charge < -0.3 is 5.11 Å². The number of hydrogen-bond donors (Lipinski definition) is 4. The van der Waals surface area contributed by atoms with Gasteiger partial charge in [-0.3, -0.25) is 10.4 Å². The van der Waals surface area contributed by atoms with Crippen molar-refractivity contribution >= 4 is 15.9 Å². The molecule has 0 saturated carbocycles. The van der Waals surface area contributed by atoms with Crippen LogP contribution in [0.4, 0.5) is 4.39 Å². The van der Waals surface area contributed by atoms with Crippen molar-refractivity contribution in [3.8, 4) is 0 Å². The van der Waals surface area contributed by atoms with Gasteiger partial charge in [-0.1, -0.05) is 0 Å². The highest BCUT2D eigenvalue weighted by molar-refractivity contribution is 7.89. The van der Waals surface area contributed by atoms with Gasteiger partial charge in [0.2, 0.25) is 10.0 Å². The Hall–Kier alpha value is -2.60. The molecule has 2 heterocycles. The minimum absolute atomic E-state index is 0.0609. The summed E-state index contributed by atoms with van der Waals surface area (Å²) in [5.41, 5.74) is 7.08. The molecule has 0 amide bonds. The van der Waals surface area contributed by atoms with Crippen molar-refractivity contribution in [3.05, 3.63) is 59.7 Å². The number of aliphatic hydroxyl groups excluding tert-OH is 1. The Kier molecular flexibility index (Phi) is 5.65. The molecule has 0 aliphatic carbocycles. The Morgan fingerprint density at radius 3 is 2.63 bits per heavy atom. The van der Waals surface area contributed by atoms with Crippen LogP contribution in [0.5, 0.6) is 0 Å². The molecule has 0 saturated heterocycles. The van der Waals surface area contributed by atoms with E-state index in [1.165, 1.54) is 25.1 Å². The minimum atomic E-state index is -3.69. The van der Waals surface area contributed by atoms with Crippen molar-refractivity contribution in [2.24, 2.45) is 5.10 Å². The van der Waals surface area contributed by atoms with Gasteiger partial charge >= 0.3 is 0 Å². The summed E-state index contributed by atoms with van der Waals surface area (Å²) in [6, 6.07) is 9.03. The van der Waals surface area contributed by atoms with Crippen molar-refractivity contribution in [2.45, 2.75) is 24.5 Å². The van der Waals surface area contributed by atoms with Crippen LogP contribution in [0.15, 0.2) is 52.6 Å². The van der Waals surface area contributed by atoms with Crippen molar-refractivity contribution in [1.82, 2.24) is 25.8 Å². The molecular formula is C16H19FN6O3S. The van der Waals surface area contributed by atoms with Gasteiger partial charge in [0.05, 0.1) is 29.4 Å². The van der Waals surface area contributed by atoms with Gasteiger partial charge in [0.15, 0.2) is 5.84 Å². The van der Waals surface area contributed by atoms with Crippen molar-refractivity contribution in [2.75, 3.05) is 6.54 Å². The maximum absolute atomic E-state index is 12.9. The van der Waals surface area contributed by atoms with E-state index in [2.05, 4.69) is 25.8 Å². The first-order valence-corrected chi connectivity index (χ1v) is 9.58. The lowest BCUT2D eigenvalue weighted by molar-refractivity contribution is 0.167. The maximum Gasteiger partial charge on any atom is 0.240 e. The van der Waals surface area contributed by atoms with E-state index in [0.29, 0.717) is 23.6 Å². The predicted molar refractivity (Wildman–Crippen MR) is 95.9 cm³/mol. The molecule has 0 spiro atoms. The Morgan fingerprint density at radius 1 is 1.26 bits per heavy atom. The number of hydrogen-bond acceptors (Lipinski definition) is 8. The number of hydrazone groups is 1. The molecule has 0 unspecified atom stereocenters. The molecule has 0 fully saturated rings. The SMILES string of the molecule is C[C@@H](O)CNS(=O)(=O)c1ccc(C2=NNN(Cc3ccc(F)cn3)N2)cc1. The van der Waals surface area contributed by atoms with Gasteiger partial charge in [0, 0.05) is 12.1 Å². The van der Waals surface area contributed by atoms with E-state index in [1.807, 2.05) is 0 Å². The fraction of sp³-hybridized carbons (Fsp3) is 0.250. The van der Waals surface area contributed by atoms with E-state index in [-0.39, 0.29) is 11.4 Å². The number of nitrogens with zero attached hydrogens (tertiary/aromatic N) is 3. The summed E-state index contributed by atoms with van der Waals surface area (Å²) >= 11 is 0. The van der Waals surface area contributed by atoms with Crippen molar-refractivity contribution in [1.29, 1.82) is 0 Å². The Morgan fingerprint density at radius 2 is 2.00 bits per heavy atom. The molecule has 27 heavy (non-hydrogen) atoms. The zero-order chi connectivity index (χ0) is 19.4. The van der Waals surface area contributed by atoms with E-state index in [9.17, 15) is 17.9 Å². The first kappa shape index (κ1) is 19.2. The molecule has 1 aliphatic rings. The van der Waals surface area contributed by atoms with Crippen LogP contribution in [0.25, 0.3) is 0 Å². The summed E-state index contributed by atoms with van der Waals surface area (Å²) in [5, 5.41) is 14.9. The molecule has 144 valence electrons. The molecule has 1 aromatic heterocycles.